The van der Waals surface area contributed by atoms with E-state index in [2.05, 4.69) is 0 Å². The molecule has 0 bridgehead atoms. The lowest BCUT2D eigenvalue weighted by atomic mass is 9.79. The molecule has 2 aliphatic rings. The maximum Gasteiger partial charge on any atom is 0.419 e. The second-order valence-electron chi connectivity index (χ2n) is 4.73. The number of amides is 2. The third kappa shape index (κ3) is 2.08. The van der Waals surface area contributed by atoms with Gasteiger partial charge in [0.05, 0.1) is 0 Å². The van der Waals surface area contributed by atoms with Gasteiger partial charge >= 0.3 is 6.09 Å². The number of thiocarbonyl (C=S) groups is 1. The van der Waals surface area contributed by atoms with Gasteiger partial charge in [0, 0.05) is 0 Å². The van der Waals surface area contributed by atoms with Crippen LogP contribution >= 0.6 is 24.0 Å². The maximum atomic E-state index is 12.2. The molecule has 1 saturated carbocycles. The number of carbonyl (C=O) groups excluding carboxylic acids is 1. The van der Waals surface area contributed by atoms with Crippen molar-refractivity contribution in [1.82, 2.24) is 4.90 Å². The summed E-state index contributed by atoms with van der Waals surface area (Å²) >= 11 is 6.25. The van der Waals surface area contributed by atoms with Crippen LogP contribution in [0.5, 0.6) is 0 Å². The zero-order valence-corrected chi connectivity index (χ0v) is 11.3. The molecular formula is C11H15NO3S2. The van der Waals surface area contributed by atoms with Crippen molar-refractivity contribution < 1.29 is 14.7 Å². The van der Waals surface area contributed by atoms with E-state index in [9.17, 15) is 9.59 Å². The molecular weight excluding hydrogens is 258 g/mol. The van der Waals surface area contributed by atoms with E-state index in [0.29, 0.717) is 0 Å². The first kappa shape index (κ1) is 12.8. The molecule has 1 atom stereocenters. The van der Waals surface area contributed by atoms with Crippen LogP contribution < -0.4 is 0 Å². The predicted octanol–water partition coefficient (Wildman–Crippen LogP) is 2.86. The van der Waals surface area contributed by atoms with Gasteiger partial charge in [0.1, 0.15) is 4.75 Å². The second kappa shape index (κ2) is 4.57. The molecule has 2 amide bonds. The van der Waals surface area contributed by atoms with E-state index in [4.69, 9.17) is 17.3 Å². The summed E-state index contributed by atoms with van der Waals surface area (Å²) in [6.07, 6.45) is 4.17. The van der Waals surface area contributed by atoms with Crippen molar-refractivity contribution in [3.8, 4) is 0 Å². The SMILES string of the molecule is CC1(C2CCCCC2)SC(=S)N(C(=O)O)C1=O. The van der Waals surface area contributed by atoms with Crippen molar-refractivity contribution in [3.05, 3.63) is 0 Å². The van der Waals surface area contributed by atoms with E-state index in [1.807, 2.05) is 6.92 Å². The number of carbonyl (C=O) groups is 2. The molecule has 4 nitrogen and oxygen atoms in total. The van der Waals surface area contributed by atoms with Gasteiger partial charge in [0.25, 0.3) is 5.91 Å². The average Bonchev–Trinajstić information content (AvgIpc) is 2.52. The van der Waals surface area contributed by atoms with Crippen molar-refractivity contribution >= 4 is 40.3 Å². The standard InChI is InChI=1S/C11H15NO3S2/c1-11(7-5-3-2-4-6-7)8(13)12(9(14)15)10(16)17-11/h7H,2-6H2,1H3,(H,14,15). The third-order valence-electron chi connectivity index (χ3n) is 3.69. The fourth-order valence-corrected chi connectivity index (χ4v) is 4.53. The molecule has 0 aromatic rings. The highest BCUT2D eigenvalue weighted by Gasteiger charge is 2.54. The molecule has 0 aromatic heterocycles. The van der Waals surface area contributed by atoms with Gasteiger partial charge in [-0.2, -0.15) is 4.90 Å². The van der Waals surface area contributed by atoms with Crippen molar-refractivity contribution in [2.24, 2.45) is 5.92 Å². The Balaban J connectivity index is 2.24. The zero-order valence-electron chi connectivity index (χ0n) is 9.64. The molecule has 0 spiro atoms. The van der Waals surface area contributed by atoms with Crippen LogP contribution in [0.3, 0.4) is 0 Å². The number of imide groups is 1. The molecule has 1 heterocycles. The number of hydrogen-bond donors (Lipinski definition) is 1. The van der Waals surface area contributed by atoms with Gasteiger partial charge in [-0.15, -0.1) is 0 Å². The van der Waals surface area contributed by atoms with Crippen LogP contribution in [0.2, 0.25) is 0 Å². The van der Waals surface area contributed by atoms with Crippen molar-refractivity contribution in [1.29, 1.82) is 0 Å². The van der Waals surface area contributed by atoms with Crippen molar-refractivity contribution in [3.63, 3.8) is 0 Å². The summed E-state index contributed by atoms with van der Waals surface area (Å²) in [4.78, 5) is 23.9. The molecule has 1 saturated heterocycles. The van der Waals surface area contributed by atoms with E-state index in [1.165, 1.54) is 18.2 Å². The maximum absolute atomic E-state index is 12.2. The lowest BCUT2D eigenvalue weighted by molar-refractivity contribution is -0.128. The highest BCUT2D eigenvalue weighted by molar-refractivity contribution is 8.25. The molecule has 1 aliphatic heterocycles. The molecule has 1 N–H and O–H groups in total. The first-order chi connectivity index (χ1) is 7.97. The average molecular weight is 273 g/mol. The Morgan fingerprint density at radius 1 is 1.47 bits per heavy atom. The minimum atomic E-state index is -1.26. The predicted molar refractivity (Wildman–Crippen MR) is 70.0 cm³/mol. The van der Waals surface area contributed by atoms with Crippen LogP contribution in [0.15, 0.2) is 0 Å². The van der Waals surface area contributed by atoms with Crippen LogP contribution in [0.25, 0.3) is 0 Å². The van der Waals surface area contributed by atoms with E-state index in [0.717, 1.165) is 30.6 Å². The van der Waals surface area contributed by atoms with Gasteiger partial charge in [-0.05, 0) is 25.7 Å². The van der Waals surface area contributed by atoms with Gasteiger partial charge in [-0.1, -0.05) is 43.2 Å². The van der Waals surface area contributed by atoms with E-state index < -0.39 is 10.8 Å². The van der Waals surface area contributed by atoms with Gasteiger partial charge in [0.2, 0.25) is 0 Å². The summed E-state index contributed by atoms with van der Waals surface area (Å²) < 4.78 is -0.494. The highest BCUT2D eigenvalue weighted by atomic mass is 32.2. The topological polar surface area (TPSA) is 57.6 Å². The Morgan fingerprint density at radius 2 is 2.06 bits per heavy atom. The van der Waals surface area contributed by atoms with E-state index >= 15 is 0 Å². The molecule has 2 rings (SSSR count). The molecule has 1 aliphatic carbocycles. The third-order valence-corrected chi connectivity index (χ3v) is 5.41. The van der Waals surface area contributed by atoms with Crippen LogP contribution in [0.4, 0.5) is 4.79 Å². The van der Waals surface area contributed by atoms with Crippen molar-refractivity contribution in [2.45, 2.75) is 43.8 Å². The van der Waals surface area contributed by atoms with Crippen LogP contribution in [0.1, 0.15) is 39.0 Å². The molecule has 1 unspecified atom stereocenters. The number of hydrogen-bond acceptors (Lipinski definition) is 4. The quantitative estimate of drug-likeness (QED) is 0.744. The minimum absolute atomic E-state index is 0.176. The zero-order chi connectivity index (χ0) is 12.6. The Morgan fingerprint density at radius 3 is 2.53 bits per heavy atom. The number of carboxylic acid groups (broad SMARTS) is 1. The normalized spacial score (nSPS) is 31.0. The van der Waals surface area contributed by atoms with Gasteiger partial charge in [0.15, 0.2) is 4.32 Å². The lowest BCUT2D eigenvalue weighted by Gasteiger charge is -2.33. The Kier molecular flexibility index (Phi) is 3.45. The largest absolute Gasteiger partial charge is 0.464 e. The summed E-state index contributed by atoms with van der Waals surface area (Å²) in [7, 11) is 0. The van der Waals surface area contributed by atoms with Gasteiger partial charge in [-0.25, -0.2) is 4.79 Å². The minimum Gasteiger partial charge on any atom is -0.464 e. The number of thioether (sulfide) groups is 1. The van der Waals surface area contributed by atoms with E-state index in [-0.39, 0.29) is 16.1 Å². The Labute approximate surface area is 110 Å². The van der Waals surface area contributed by atoms with Crippen molar-refractivity contribution in [2.75, 3.05) is 0 Å². The van der Waals surface area contributed by atoms with Gasteiger partial charge in [-0.3, -0.25) is 4.79 Å². The molecule has 0 radical (unpaired) electrons. The first-order valence-electron chi connectivity index (χ1n) is 5.77. The highest BCUT2D eigenvalue weighted by Crippen LogP contribution is 2.47. The van der Waals surface area contributed by atoms with Crippen LogP contribution in [-0.4, -0.2) is 31.1 Å². The molecule has 6 heteroatoms. The smallest absolute Gasteiger partial charge is 0.419 e. The fraction of sp³-hybridized carbons (Fsp3) is 0.727. The Bertz CT molecular complexity index is 379. The lowest BCUT2D eigenvalue weighted by Crippen LogP contribution is -2.45. The Hall–Kier alpha value is -0.620. The molecule has 17 heavy (non-hydrogen) atoms. The molecule has 0 aromatic carbocycles. The summed E-state index contributed by atoms with van der Waals surface area (Å²) in [5.74, 6) is -0.108. The van der Waals surface area contributed by atoms with Gasteiger partial charge < -0.3 is 5.11 Å². The van der Waals surface area contributed by atoms with E-state index in [1.54, 1.807) is 0 Å². The first-order valence-corrected chi connectivity index (χ1v) is 6.99. The summed E-state index contributed by atoms with van der Waals surface area (Å²) in [5.41, 5.74) is 0. The summed E-state index contributed by atoms with van der Waals surface area (Å²) in [6, 6.07) is 0. The summed E-state index contributed by atoms with van der Waals surface area (Å²) in [6.45, 7) is 1.84. The van der Waals surface area contributed by atoms with Crippen LogP contribution in [-0.2, 0) is 4.79 Å². The summed E-state index contributed by atoms with van der Waals surface area (Å²) in [5, 5.41) is 8.99. The fourth-order valence-electron chi connectivity index (χ4n) is 2.65. The monoisotopic (exact) mass is 273 g/mol. The van der Waals surface area contributed by atoms with Crippen LogP contribution in [0, 0.1) is 5.92 Å². The number of nitrogens with zero attached hydrogens (tertiary/aromatic N) is 1. The second-order valence-corrected chi connectivity index (χ2v) is 6.82. The molecule has 94 valence electrons. The number of rotatable bonds is 1. The molecule has 2 fully saturated rings.